The van der Waals surface area contributed by atoms with E-state index >= 15 is 0 Å². The average molecular weight is 319 g/mol. The first kappa shape index (κ1) is 16.6. The van der Waals surface area contributed by atoms with E-state index < -0.39 is 0 Å². The van der Waals surface area contributed by atoms with Crippen LogP contribution in [0.4, 0.5) is 5.69 Å². The number of nitrogens with zero attached hydrogens (tertiary/aromatic N) is 2. The van der Waals surface area contributed by atoms with Crippen LogP contribution in [0.25, 0.3) is 0 Å². The zero-order chi connectivity index (χ0) is 16.1. The van der Waals surface area contributed by atoms with Gasteiger partial charge in [0.2, 0.25) is 5.91 Å². The number of likely N-dealkylation sites (N-methyl/N-ethyl adjacent to an activating group) is 1. The number of carbonyl (C=O) groups is 1. The van der Waals surface area contributed by atoms with Crippen LogP contribution in [0.15, 0.2) is 39.8 Å². The van der Waals surface area contributed by atoms with Crippen molar-refractivity contribution in [3.8, 4) is 0 Å². The standard InChI is InChI=1S/C16H21N3O2S/c1-11-8-14(18-21-11)10-19(3)12(2)16(20)17-13-6-5-7-15(9-13)22-4/h5-9,12H,10H2,1-4H3,(H,17,20). The number of aryl methyl sites for hydroxylation is 1. The van der Waals surface area contributed by atoms with E-state index in [9.17, 15) is 4.79 Å². The third-order valence-electron chi connectivity index (χ3n) is 3.47. The Kier molecular flexibility index (Phi) is 5.63. The van der Waals surface area contributed by atoms with E-state index in [4.69, 9.17) is 4.52 Å². The molecule has 0 radical (unpaired) electrons. The Morgan fingerprint density at radius 1 is 1.45 bits per heavy atom. The van der Waals surface area contributed by atoms with Crippen LogP contribution in [0.1, 0.15) is 18.4 Å². The van der Waals surface area contributed by atoms with Crippen LogP contribution in [0.5, 0.6) is 0 Å². The largest absolute Gasteiger partial charge is 0.361 e. The van der Waals surface area contributed by atoms with Crippen molar-refractivity contribution in [2.75, 3.05) is 18.6 Å². The van der Waals surface area contributed by atoms with Crippen LogP contribution in [0.3, 0.4) is 0 Å². The molecule has 1 aromatic carbocycles. The molecule has 0 aliphatic rings. The van der Waals surface area contributed by atoms with Crippen molar-refractivity contribution >= 4 is 23.4 Å². The highest BCUT2D eigenvalue weighted by molar-refractivity contribution is 7.98. The Hall–Kier alpha value is -1.79. The van der Waals surface area contributed by atoms with Crippen LogP contribution < -0.4 is 5.32 Å². The molecule has 0 aliphatic heterocycles. The number of hydrogen-bond donors (Lipinski definition) is 1. The minimum Gasteiger partial charge on any atom is -0.361 e. The van der Waals surface area contributed by atoms with Crippen molar-refractivity contribution in [2.24, 2.45) is 0 Å². The van der Waals surface area contributed by atoms with Gasteiger partial charge in [-0.15, -0.1) is 11.8 Å². The van der Waals surface area contributed by atoms with Gasteiger partial charge in [-0.2, -0.15) is 0 Å². The normalized spacial score (nSPS) is 12.4. The van der Waals surface area contributed by atoms with Gasteiger partial charge in [0.05, 0.1) is 11.7 Å². The Balaban J connectivity index is 1.95. The number of aromatic nitrogens is 1. The molecule has 118 valence electrons. The van der Waals surface area contributed by atoms with Gasteiger partial charge in [0, 0.05) is 23.2 Å². The van der Waals surface area contributed by atoms with E-state index in [2.05, 4.69) is 10.5 Å². The molecular formula is C16H21N3O2S. The highest BCUT2D eigenvalue weighted by atomic mass is 32.2. The second kappa shape index (κ2) is 7.47. The van der Waals surface area contributed by atoms with Gasteiger partial charge in [0.15, 0.2) is 0 Å². The van der Waals surface area contributed by atoms with E-state index in [-0.39, 0.29) is 11.9 Å². The first-order chi connectivity index (χ1) is 10.5. The molecule has 6 heteroatoms. The summed E-state index contributed by atoms with van der Waals surface area (Å²) < 4.78 is 5.05. The molecule has 22 heavy (non-hydrogen) atoms. The summed E-state index contributed by atoms with van der Waals surface area (Å²) in [6, 6.07) is 9.43. The molecular weight excluding hydrogens is 298 g/mol. The van der Waals surface area contributed by atoms with E-state index in [1.807, 2.05) is 62.4 Å². The molecule has 2 rings (SSSR count). The van der Waals surface area contributed by atoms with Gasteiger partial charge in [0.25, 0.3) is 0 Å². The van der Waals surface area contributed by atoms with E-state index in [1.165, 1.54) is 0 Å². The number of anilines is 1. The summed E-state index contributed by atoms with van der Waals surface area (Å²) in [5.74, 6) is 0.732. The maximum atomic E-state index is 12.3. The predicted molar refractivity (Wildman–Crippen MR) is 89.0 cm³/mol. The number of rotatable bonds is 6. The first-order valence-corrected chi connectivity index (χ1v) is 8.29. The van der Waals surface area contributed by atoms with E-state index in [0.717, 1.165) is 22.0 Å². The van der Waals surface area contributed by atoms with Crippen molar-refractivity contribution in [3.05, 3.63) is 41.8 Å². The van der Waals surface area contributed by atoms with Crippen molar-refractivity contribution in [3.63, 3.8) is 0 Å². The molecule has 1 amide bonds. The monoisotopic (exact) mass is 319 g/mol. The number of carbonyl (C=O) groups excluding carboxylic acids is 1. The molecule has 1 aromatic heterocycles. The summed E-state index contributed by atoms with van der Waals surface area (Å²) in [6.45, 7) is 4.29. The molecule has 0 aliphatic carbocycles. The molecule has 1 heterocycles. The van der Waals surface area contributed by atoms with Gasteiger partial charge in [-0.25, -0.2) is 0 Å². The summed E-state index contributed by atoms with van der Waals surface area (Å²) in [5.41, 5.74) is 1.64. The van der Waals surface area contributed by atoms with Crippen LogP contribution in [0.2, 0.25) is 0 Å². The Morgan fingerprint density at radius 3 is 2.86 bits per heavy atom. The fourth-order valence-electron chi connectivity index (χ4n) is 2.03. The SMILES string of the molecule is CSc1cccc(NC(=O)C(C)N(C)Cc2cc(C)on2)c1. The number of amides is 1. The zero-order valence-corrected chi connectivity index (χ0v) is 14.1. The first-order valence-electron chi connectivity index (χ1n) is 7.07. The van der Waals surface area contributed by atoms with E-state index in [1.54, 1.807) is 11.8 Å². The van der Waals surface area contributed by atoms with Crippen LogP contribution in [0, 0.1) is 6.92 Å². The molecule has 1 atom stereocenters. The van der Waals surface area contributed by atoms with Gasteiger partial charge >= 0.3 is 0 Å². The van der Waals surface area contributed by atoms with E-state index in [0.29, 0.717) is 6.54 Å². The molecule has 0 saturated heterocycles. The second-order valence-electron chi connectivity index (χ2n) is 5.24. The van der Waals surface area contributed by atoms with Gasteiger partial charge < -0.3 is 9.84 Å². The average Bonchev–Trinajstić information content (AvgIpc) is 2.91. The summed E-state index contributed by atoms with van der Waals surface area (Å²) in [5, 5.41) is 6.90. The summed E-state index contributed by atoms with van der Waals surface area (Å²) in [4.78, 5) is 15.4. The topological polar surface area (TPSA) is 58.4 Å². The fraction of sp³-hybridized carbons (Fsp3) is 0.375. The van der Waals surface area contributed by atoms with Crippen molar-refractivity contribution in [1.82, 2.24) is 10.1 Å². The predicted octanol–water partition coefficient (Wildman–Crippen LogP) is 3.16. The lowest BCUT2D eigenvalue weighted by atomic mass is 10.2. The Bertz CT molecular complexity index is 642. The van der Waals surface area contributed by atoms with Crippen LogP contribution >= 0.6 is 11.8 Å². The molecule has 0 fully saturated rings. The van der Waals surface area contributed by atoms with Crippen LogP contribution in [-0.4, -0.2) is 35.3 Å². The number of benzene rings is 1. The second-order valence-corrected chi connectivity index (χ2v) is 6.12. The molecule has 0 saturated carbocycles. The molecule has 1 N–H and O–H groups in total. The molecule has 0 bridgehead atoms. The smallest absolute Gasteiger partial charge is 0.241 e. The highest BCUT2D eigenvalue weighted by Crippen LogP contribution is 2.19. The van der Waals surface area contributed by atoms with Gasteiger partial charge in [-0.05, 0) is 45.4 Å². The molecule has 5 nitrogen and oxygen atoms in total. The van der Waals surface area contributed by atoms with Gasteiger partial charge in [0.1, 0.15) is 5.76 Å². The summed E-state index contributed by atoms with van der Waals surface area (Å²) >= 11 is 1.65. The summed E-state index contributed by atoms with van der Waals surface area (Å²) in [7, 11) is 1.90. The molecule has 1 unspecified atom stereocenters. The van der Waals surface area contributed by atoms with Gasteiger partial charge in [-0.1, -0.05) is 11.2 Å². The van der Waals surface area contributed by atoms with Gasteiger partial charge in [-0.3, -0.25) is 9.69 Å². The van der Waals surface area contributed by atoms with Crippen LogP contribution in [-0.2, 0) is 11.3 Å². The van der Waals surface area contributed by atoms with Crippen molar-refractivity contribution in [2.45, 2.75) is 31.3 Å². The quantitative estimate of drug-likeness (QED) is 0.829. The lowest BCUT2D eigenvalue weighted by Gasteiger charge is -2.22. The maximum Gasteiger partial charge on any atom is 0.241 e. The number of hydrogen-bond acceptors (Lipinski definition) is 5. The Morgan fingerprint density at radius 2 is 2.23 bits per heavy atom. The molecule has 0 spiro atoms. The van der Waals surface area contributed by atoms with Crippen molar-refractivity contribution in [1.29, 1.82) is 0 Å². The number of nitrogens with one attached hydrogen (secondary N) is 1. The summed E-state index contributed by atoms with van der Waals surface area (Å²) in [6.07, 6.45) is 2.01. The maximum absolute atomic E-state index is 12.3. The minimum atomic E-state index is -0.269. The third-order valence-corrected chi connectivity index (χ3v) is 4.19. The number of thioether (sulfide) groups is 1. The lowest BCUT2D eigenvalue weighted by Crippen LogP contribution is -2.39. The third kappa shape index (κ3) is 4.35. The van der Waals surface area contributed by atoms with Crippen molar-refractivity contribution < 1.29 is 9.32 Å². The highest BCUT2D eigenvalue weighted by Gasteiger charge is 2.19. The fourth-order valence-corrected chi connectivity index (χ4v) is 2.49. The zero-order valence-electron chi connectivity index (χ0n) is 13.3. The molecule has 2 aromatic rings. The Labute approximate surface area is 135 Å². The minimum absolute atomic E-state index is 0.0408. The lowest BCUT2D eigenvalue weighted by molar-refractivity contribution is -0.120.